The molecule has 0 N–H and O–H groups in total. The average molecular weight is 308 g/mol. The number of aromatic nitrogens is 4. The third-order valence-corrected chi connectivity index (χ3v) is 7.22. The molecule has 0 aliphatic heterocycles. The van der Waals surface area contributed by atoms with E-state index in [2.05, 4.69) is 35.2 Å². The van der Waals surface area contributed by atoms with Crippen LogP contribution in [0.15, 0.2) is 29.4 Å². The molecule has 20 heavy (non-hydrogen) atoms. The van der Waals surface area contributed by atoms with Gasteiger partial charge >= 0.3 is 0 Å². The highest BCUT2D eigenvalue weighted by molar-refractivity contribution is 8.00. The van der Waals surface area contributed by atoms with E-state index in [1.807, 2.05) is 28.9 Å². The van der Waals surface area contributed by atoms with Gasteiger partial charge in [-0.05, 0) is 33.5 Å². The standard InChI is InChI=1S/C13H20N4OSSi/c1-18-12-7-5-11(6-8-12)9-17-13(14-15-16-17)19-10-20(2,3)4/h5-8H,9-10H2,1-4H3. The highest BCUT2D eigenvalue weighted by Gasteiger charge is 2.16. The maximum atomic E-state index is 5.16. The van der Waals surface area contributed by atoms with Gasteiger partial charge < -0.3 is 4.74 Å². The molecule has 0 fully saturated rings. The molecule has 0 saturated heterocycles. The van der Waals surface area contributed by atoms with Crippen LogP contribution in [0.2, 0.25) is 19.6 Å². The van der Waals surface area contributed by atoms with E-state index in [-0.39, 0.29) is 0 Å². The lowest BCUT2D eigenvalue weighted by molar-refractivity contribution is 0.414. The fourth-order valence-electron chi connectivity index (χ4n) is 1.58. The molecule has 0 unspecified atom stereocenters. The predicted molar refractivity (Wildman–Crippen MR) is 84.0 cm³/mol. The van der Waals surface area contributed by atoms with Crippen LogP contribution in [0.3, 0.4) is 0 Å². The number of tetrazole rings is 1. The van der Waals surface area contributed by atoms with Crippen LogP contribution in [0, 0.1) is 0 Å². The van der Waals surface area contributed by atoms with Gasteiger partial charge in [0.05, 0.1) is 21.7 Å². The topological polar surface area (TPSA) is 52.8 Å². The van der Waals surface area contributed by atoms with Crippen LogP contribution in [-0.2, 0) is 6.54 Å². The van der Waals surface area contributed by atoms with Crippen molar-refractivity contribution < 1.29 is 4.74 Å². The fraction of sp³-hybridized carbons (Fsp3) is 0.462. The van der Waals surface area contributed by atoms with Crippen LogP contribution in [0.25, 0.3) is 0 Å². The molecule has 0 atom stereocenters. The van der Waals surface area contributed by atoms with Crippen LogP contribution in [0.1, 0.15) is 5.56 Å². The Morgan fingerprint density at radius 2 is 1.90 bits per heavy atom. The number of benzene rings is 1. The summed E-state index contributed by atoms with van der Waals surface area (Å²) in [6.45, 7) is 7.72. The summed E-state index contributed by atoms with van der Waals surface area (Å²) < 4.78 is 7.01. The first-order valence-corrected chi connectivity index (χ1v) is 11.2. The van der Waals surface area contributed by atoms with E-state index in [0.29, 0.717) is 6.54 Å². The van der Waals surface area contributed by atoms with Crippen LogP contribution < -0.4 is 4.74 Å². The summed E-state index contributed by atoms with van der Waals surface area (Å²) in [5.74, 6) is 0.860. The van der Waals surface area contributed by atoms with Crippen LogP contribution in [0.5, 0.6) is 5.75 Å². The summed E-state index contributed by atoms with van der Waals surface area (Å²) in [5.41, 5.74) is 1.16. The molecule has 5 nitrogen and oxygen atoms in total. The van der Waals surface area contributed by atoms with E-state index < -0.39 is 8.07 Å². The van der Waals surface area contributed by atoms with E-state index in [1.54, 1.807) is 18.9 Å². The maximum Gasteiger partial charge on any atom is 0.209 e. The van der Waals surface area contributed by atoms with E-state index in [0.717, 1.165) is 21.8 Å². The number of ether oxygens (including phenoxy) is 1. The highest BCUT2D eigenvalue weighted by Crippen LogP contribution is 2.20. The maximum absolute atomic E-state index is 5.16. The second kappa shape index (κ2) is 6.40. The van der Waals surface area contributed by atoms with Crippen molar-refractivity contribution in [3.63, 3.8) is 0 Å². The van der Waals surface area contributed by atoms with Crippen molar-refractivity contribution in [3.8, 4) is 5.75 Å². The summed E-state index contributed by atoms with van der Waals surface area (Å²) in [5, 5.41) is 14.0. The summed E-state index contributed by atoms with van der Waals surface area (Å²) in [6, 6.07) is 7.98. The first-order valence-electron chi connectivity index (χ1n) is 6.50. The van der Waals surface area contributed by atoms with E-state index in [9.17, 15) is 0 Å². The van der Waals surface area contributed by atoms with Gasteiger partial charge in [-0.2, -0.15) is 0 Å². The predicted octanol–water partition coefficient (Wildman–Crippen LogP) is 2.70. The fourth-order valence-corrected chi connectivity index (χ4v) is 4.18. The zero-order chi connectivity index (χ0) is 14.6. The van der Waals surface area contributed by atoms with Gasteiger partial charge in [0.1, 0.15) is 5.75 Å². The van der Waals surface area contributed by atoms with Gasteiger partial charge in [0.15, 0.2) is 0 Å². The molecule has 2 aromatic rings. The number of hydrogen-bond donors (Lipinski definition) is 0. The van der Waals surface area contributed by atoms with Crippen molar-refractivity contribution in [2.24, 2.45) is 0 Å². The van der Waals surface area contributed by atoms with Crippen molar-refractivity contribution in [1.82, 2.24) is 20.2 Å². The number of nitrogens with zero attached hydrogens (tertiary/aromatic N) is 4. The Morgan fingerprint density at radius 1 is 1.20 bits per heavy atom. The second-order valence-corrected chi connectivity index (χ2v) is 12.7. The Labute approximate surface area is 124 Å². The summed E-state index contributed by atoms with van der Waals surface area (Å²) in [6.07, 6.45) is 0. The largest absolute Gasteiger partial charge is 0.497 e. The van der Waals surface area contributed by atoms with Gasteiger partial charge in [-0.15, -0.1) is 5.10 Å². The molecule has 1 heterocycles. The Morgan fingerprint density at radius 3 is 2.50 bits per heavy atom. The first kappa shape index (κ1) is 15.1. The minimum Gasteiger partial charge on any atom is -0.497 e. The lowest BCUT2D eigenvalue weighted by Gasteiger charge is -2.14. The number of hydrogen-bond acceptors (Lipinski definition) is 5. The van der Waals surface area contributed by atoms with Gasteiger partial charge in [0.25, 0.3) is 0 Å². The minimum atomic E-state index is -1.10. The molecular weight excluding hydrogens is 288 g/mol. The first-order chi connectivity index (χ1) is 9.48. The molecule has 7 heteroatoms. The van der Waals surface area contributed by atoms with Crippen molar-refractivity contribution in [1.29, 1.82) is 0 Å². The van der Waals surface area contributed by atoms with Crippen molar-refractivity contribution >= 4 is 19.8 Å². The Kier molecular flexibility index (Phi) is 4.82. The lowest BCUT2D eigenvalue weighted by Crippen LogP contribution is -2.24. The Balaban J connectivity index is 2.04. The lowest BCUT2D eigenvalue weighted by atomic mass is 10.2. The number of thioether (sulfide) groups is 1. The van der Waals surface area contributed by atoms with Gasteiger partial charge in [-0.25, -0.2) is 4.68 Å². The van der Waals surface area contributed by atoms with Gasteiger partial charge in [0, 0.05) is 0 Å². The SMILES string of the molecule is COc1ccc(Cn2nnnc2SC[Si](C)(C)C)cc1. The monoisotopic (exact) mass is 308 g/mol. The Bertz CT molecular complexity index is 550. The molecule has 0 radical (unpaired) electrons. The van der Waals surface area contributed by atoms with Crippen molar-refractivity contribution in [2.45, 2.75) is 31.3 Å². The zero-order valence-corrected chi connectivity index (χ0v) is 14.1. The normalized spacial score (nSPS) is 11.6. The Hall–Kier alpha value is -1.34. The third kappa shape index (κ3) is 4.34. The molecule has 1 aromatic heterocycles. The van der Waals surface area contributed by atoms with E-state index in [4.69, 9.17) is 4.74 Å². The molecule has 0 amide bonds. The molecule has 0 saturated carbocycles. The summed E-state index contributed by atoms with van der Waals surface area (Å²) in [4.78, 5) is 0. The molecule has 0 aliphatic carbocycles. The number of methoxy groups -OCH3 is 1. The third-order valence-electron chi connectivity index (χ3n) is 2.62. The highest BCUT2D eigenvalue weighted by atomic mass is 32.2. The van der Waals surface area contributed by atoms with Crippen LogP contribution >= 0.6 is 11.8 Å². The van der Waals surface area contributed by atoms with Crippen LogP contribution in [0.4, 0.5) is 0 Å². The van der Waals surface area contributed by atoms with Crippen LogP contribution in [-0.4, -0.2) is 40.8 Å². The summed E-state index contributed by atoms with van der Waals surface area (Å²) >= 11 is 1.75. The van der Waals surface area contributed by atoms with E-state index in [1.165, 1.54) is 0 Å². The molecule has 2 rings (SSSR count). The second-order valence-electron chi connectivity index (χ2n) is 5.82. The molecule has 0 spiro atoms. The van der Waals surface area contributed by atoms with Gasteiger partial charge in [-0.3, -0.25) is 0 Å². The van der Waals surface area contributed by atoms with Crippen molar-refractivity contribution in [2.75, 3.05) is 12.5 Å². The molecular formula is C13H20N4OSSi. The minimum absolute atomic E-state index is 0.686. The van der Waals surface area contributed by atoms with Crippen molar-refractivity contribution in [3.05, 3.63) is 29.8 Å². The molecule has 108 valence electrons. The smallest absolute Gasteiger partial charge is 0.209 e. The summed E-state index contributed by atoms with van der Waals surface area (Å²) in [7, 11) is 0.565. The van der Waals surface area contributed by atoms with Gasteiger partial charge in [-0.1, -0.05) is 43.5 Å². The van der Waals surface area contributed by atoms with E-state index >= 15 is 0 Å². The zero-order valence-electron chi connectivity index (χ0n) is 12.3. The number of rotatable bonds is 6. The quantitative estimate of drug-likeness (QED) is 0.606. The molecule has 0 bridgehead atoms. The molecule has 0 aliphatic rings. The van der Waals surface area contributed by atoms with Gasteiger partial charge in [0.2, 0.25) is 5.16 Å². The molecule has 1 aromatic carbocycles. The average Bonchev–Trinajstić information content (AvgIpc) is 2.84.